The Morgan fingerprint density at radius 3 is 2.72 bits per heavy atom. The van der Waals surface area contributed by atoms with E-state index in [1.54, 1.807) is 19.2 Å². The molecule has 0 atom stereocenters. The van der Waals surface area contributed by atoms with E-state index < -0.39 is 10.0 Å². The smallest absolute Gasteiger partial charge is 0.244 e. The maximum Gasteiger partial charge on any atom is 0.244 e. The summed E-state index contributed by atoms with van der Waals surface area (Å²) in [4.78, 5) is 18.5. The standard InChI is InChI=1S/C25H25N3O5S3/c1-32-19-7-5-6-17-14-20(33-23(17)19)18-15-35-25(26-18)27-24(29)16-10-12-28(13-11-16)36(30,31)22-9-4-3-8-21(22)34-2/h3-9,14-16H,10-13H2,1-2H3,(H,26,27,29). The van der Waals surface area contributed by atoms with Gasteiger partial charge in [-0.15, -0.1) is 23.1 Å². The van der Waals surface area contributed by atoms with E-state index in [9.17, 15) is 13.2 Å². The molecule has 1 fully saturated rings. The van der Waals surface area contributed by atoms with E-state index in [-0.39, 0.29) is 11.8 Å². The van der Waals surface area contributed by atoms with Gasteiger partial charge in [-0.25, -0.2) is 13.4 Å². The van der Waals surface area contributed by atoms with E-state index >= 15 is 0 Å². The van der Waals surface area contributed by atoms with E-state index in [1.165, 1.54) is 27.4 Å². The van der Waals surface area contributed by atoms with Gasteiger partial charge in [-0.05, 0) is 43.4 Å². The Morgan fingerprint density at radius 2 is 1.97 bits per heavy atom. The number of thiazole rings is 1. The number of methoxy groups -OCH3 is 1. The van der Waals surface area contributed by atoms with Crippen LogP contribution in [0.25, 0.3) is 22.4 Å². The van der Waals surface area contributed by atoms with Crippen LogP contribution in [-0.2, 0) is 14.8 Å². The third-order valence-electron chi connectivity index (χ3n) is 6.23. The molecule has 11 heteroatoms. The Hall–Kier alpha value is -2.86. The Balaban J connectivity index is 1.23. The number of thioether (sulfide) groups is 1. The molecule has 0 radical (unpaired) electrons. The number of ether oxygens (including phenoxy) is 1. The number of nitrogens with zero attached hydrogens (tertiary/aromatic N) is 2. The maximum atomic E-state index is 13.2. The Morgan fingerprint density at radius 1 is 1.19 bits per heavy atom. The minimum Gasteiger partial charge on any atom is -0.493 e. The molecule has 36 heavy (non-hydrogen) atoms. The number of carbonyl (C=O) groups excluding carboxylic acids is 1. The first kappa shape index (κ1) is 24.8. The van der Waals surface area contributed by atoms with Crippen molar-refractivity contribution in [1.82, 2.24) is 9.29 Å². The molecule has 188 valence electrons. The van der Waals surface area contributed by atoms with Gasteiger partial charge in [0.15, 0.2) is 22.2 Å². The van der Waals surface area contributed by atoms with Crippen LogP contribution in [0.15, 0.2) is 68.1 Å². The average Bonchev–Trinajstić information content (AvgIpc) is 3.55. The second-order valence-corrected chi connectivity index (χ2v) is 12.0. The number of furan rings is 1. The van der Waals surface area contributed by atoms with E-state index in [0.717, 1.165) is 10.3 Å². The first-order chi connectivity index (χ1) is 17.4. The molecule has 1 amide bonds. The Kier molecular flexibility index (Phi) is 7.07. The molecule has 4 aromatic rings. The molecule has 0 spiro atoms. The Labute approximate surface area is 217 Å². The fraction of sp³-hybridized carbons (Fsp3) is 0.280. The Bertz CT molecular complexity index is 1500. The summed E-state index contributed by atoms with van der Waals surface area (Å²) in [5.74, 6) is 0.807. The highest BCUT2D eigenvalue weighted by Gasteiger charge is 2.33. The van der Waals surface area contributed by atoms with Gasteiger partial charge in [-0.1, -0.05) is 24.3 Å². The summed E-state index contributed by atoms with van der Waals surface area (Å²) in [5.41, 5.74) is 1.28. The van der Waals surface area contributed by atoms with Crippen molar-refractivity contribution in [1.29, 1.82) is 0 Å². The van der Waals surface area contributed by atoms with Crippen molar-refractivity contribution in [2.24, 2.45) is 5.92 Å². The van der Waals surface area contributed by atoms with Crippen molar-refractivity contribution in [2.45, 2.75) is 22.6 Å². The number of amides is 1. The lowest BCUT2D eigenvalue weighted by molar-refractivity contribution is -0.120. The zero-order valence-electron chi connectivity index (χ0n) is 19.8. The van der Waals surface area contributed by atoms with Crippen molar-refractivity contribution < 1.29 is 22.4 Å². The van der Waals surface area contributed by atoms with Crippen LogP contribution in [0.4, 0.5) is 5.13 Å². The highest BCUT2D eigenvalue weighted by Crippen LogP contribution is 2.35. The van der Waals surface area contributed by atoms with Gasteiger partial charge < -0.3 is 14.5 Å². The highest BCUT2D eigenvalue weighted by atomic mass is 32.2. The topological polar surface area (TPSA) is 102 Å². The molecule has 1 N–H and O–H groups in total. The molecular formula is C25H25N3O5S3. The predicted molar refractivity (Wildman–Crippen MR) is 142 cm³/mol. The van der Waals surface area contributed by atoms with Gasteiger partial charge in [0, 0.05) is 34.7 Å². The first-order valence-electron chi connectivity index (χ1n) is 11.4. The molecular weight excluding hydrogens is 518 g/mol. The van der Waals surface area contributed by atoms with Crippen LogP contribution in [0.1, 0.15) is 12.8 Å². The summed E-state index contributed by atoms with van der Waals surface area (Å²) < 4.78 is 39.1. The van der Waals surface area contributed by atoms with Gasteiger partial charge in [0.25, 0.3) is 0 Å². The van der Waals surface area contributed by atoms with Gasteiger partial charge in [0.1, 0.15) is 5.69 Å². The lowest BCUT2D eigenvalue weighted by atomic mass is 9.97. The van der Waals surface area contributed by atoms with Crippen molar-refractivity contribution in [2.75, 3.05) is 31.8 Å². The molecule has 3 heterocycles. The number of para-hydroxylation sites is 1. The molecule has 5 rings (SSSR count). The third-order valence-corrected chi connectivity index (χ3v) is 9.87. The monoisotopic (exact) mass is 543 g/mol. The van der Waals surface area contributed by atoms with Crippen molar-refractivity contribution in [3.63, 3.8) is 0 Å². The summed E-state index contributed by atoms with van der Waals surface area (Å²) in [6.45, 7) is 0.597. The van der Waals surface area contributed by atoms with Crippen LogP contribution < -0.4 is 10.1 Å². The van der Waals surface area contributed by atoms with Crippen molar-refractivity contribution >= 4 is 55.1 Å². The van der Waals surface area contributed by atoms with Crippen LogP contribution >= 0.6 is 23.1 Å². The molecule has 0 saturated carbocycles. The number of piperidine rings is 1. The highest BCUT2D eigenvalue weighted by molar-refractivity contribution is 7.99. The zero-order valence-corrected chi connectivity index (χ0v) is 22.2. The van der Waals surface area contributed by atoms with Gasteiger partial charge in [0.2, 0.25) is 15.9 Å². The van der Waals surface area contributed by atoms with Crippen LogP contribution in [0, 0.1) is 5.92 Å². The third kappa shape index (κ3) is 4.75. The number of hydrogen-bond acceptors (Lipinski definition) is 8. The molecule has 0 aliphatic carbocycles. The quantitative estimate of drug-likeness (QED) is 0.315. The second kappa shape index (κ2) is 10.3. The first-order valence-corrected chi connectivity index (χ1v) is 14.9. The number of anilines is 1. The van der Waals surface area contributed by atoms with Crippen LogP contribution in [0.2, 0.25) is 0 Å². The molecule has 0 bridgehead atoms. The van der Waals surface area contributed by atoms with Gasteiger partial charge in [-0.3, -0.25) is 4.79 Å². The molecule has 8 nitrogen and oxygen atoms in total. The summed E-state index contributed by atoms with van der Waals surface area (Å²) >= 11 is 2.73. The number of benzene rings is 2. The van der Waals surface area contributed by atoms with E-state index in [4.69, 9.17) is 9.15 Å². The normalized spacial score (nSPS) is 15.3. The van der Waals surface area contributed by atoms with E-state index in [1.807, 2.05) is 48.0 Å². The molecule has 0 unspecified atom stereocenters. The molecule has 2 aromatic carbocycles. The largest absolute Gasteiger partial charge is 0.493 e. The number of rotatable bonds is 7. The number of aromatic nitrogens is 1. The number of nitrogens with one attached hydrogen (secondary N) is 1. The predicted octanol–water partition coefficient (Wildman–Crippen LogP) is 5.33. The number of carbonyl (C=O) groups is 1. The molecule has 1 aliphatic heterocycles. The summed E-state index contributed by atoms with van der Waals surface area (Å²) in [7, 11) is -2.01. The lowest BCUT2D eigenvalue weighted by Gasteiger charge is -2.30. The summed E-state index contributed by atoms with van der Waals surface area (Å²) in [6.07, 6.45) is 2.77. The van der Waals surface area contributed by atoms with Gasteiger partial charge >= 0.3 is 0 Å². The van der Waals surface area contributed by atoms with Crippen LogP contribution in [-0.4, -0.2) is 50.1 Å². The fourth-order valence-corrected chi connectivity index (χ4v) is 7.60. The molecule has 2 aromatic heterocycles. The second-order valence-electron chi connectivity index (χ2n) is 8.35. The summed E-state index contributed by atoms with van der Waals surface area (Å²) in [5, 5.41) is 6.11. The lowest BCUT2D eigenvalue weighted by Crippen LogP contribution is -2.41. The minimum atomic E-state index is -3.61. The van der Waals surface area contributed by atoms with Crippen molar-refractivity contribution in [3.8, 4) is 17.2 Å². The van der Waals surface area contributed by atoms with E-state index in [0.29, 0.717) is 58.7 Å². The number of sulfonamides is 1. The minimum absolute atomic E-state index is 0.149. The van der Waals surface area contributed by atoms with Gasteiger partial charge in [-0.2, -0.15) is 4.31 Å². The fourth-order valence-electron chi connectivity index (χ4n) is 4.30. The van der Waals surface area contributed by atoms with E-state index in [2.05, 4.69) is 10.3 Å². The van der Waals surface area contributed by atoms with Gasteiger partial charge in [0.05, 0.1) is 12.0 Å². The van der Waals surface area contributed by atoms with Crippen LogP contribution in [0.5, 0.6) is 5.75 Å². The summed E-state index contributed by atoms with van der Waals surface area (Å²) in [6, 6.07) is 14.6. The van der Waals surface area contributed by atoms with Crippen molar-refractivity contribution in [3.05, 3.63) is 53.9 Å². The SMILES string of the molecule is COc1cccc2cc(-c3csc(NC(=O)C4CCN(S(=O)(=O)c5ccccc5SC)CC4)n3)oc12. The maximum absolute atomic E-state index is 13.2. The van der Waals surface area contributed by atoms with Crippen LogP contribution in [0.3, 0.4) is 0 Å². The zero-order chi connectivity index (χ0) is 25.3. The number of fused-ring (bicyclic) bond motifs is 1. The number of hydrogen-bond donors (Lipinski definition) is 1. The average molecular weight is 544 g/mol. The molecule has 1 aliphatic rings. The molecule has 1 saturated heterocycles.